The maximum Gasteiger partial charge on any atom is 0.338 e. The molecule has 1 amide bonds. The number of hydrogen-bond donors (Lipinski definition) is 3. The Labute approximate surface area is 282 Å². The number of nitrogens with zero attached hydrogens (tertiary/aromatic N) is 2. The molecule has 0 aliphatic heterocycles. The maximum absolute atomic E-state index is 14.0. The third-order valence-electron chi connectivity index (χ3n) is 7.32. The van der Waals surface area contributed by atoms with E-state index in [2.05, 4.69) is 22.8 Å². The van der Waals surface area contributed by atoms with Crippen molar-refractivity contribution in [1.82, 2.24) is 10.2 Å². The van der Waals surface area contributed by atoms with E-state index in [0.29, 0.717) is 31.1 Å². The van der Waals surface area contributed by atoms with Gasteiger partial charge in [0.1, 0.15) is 11.9 Å². The molecule has 0 bridgehead atoms. The maximum atomic E-state index is 14.0. The number of allylic oxidation sites excluding steroid dienone is 3. The highest BCUT2D eigenvalue weighted by atomic mass is 19.1. The largest absolute Gasteiger partial charge is 0.514 e. The first-order valence-corrected chi connectivity index (χ1v) is 16.0. The van der Waals surface area contributed by atoms with E-state index in [9.17, 15) is 18.4 Å². The van der Waals surface area contributed by atoms with Gasteiger partial charge in [-0.15, -0.1) is 6.42 Å². The predicted molar refractivity (Wildman–Crippen MR) is 188 cm³/mol. The zero-order valence-electron chi connectivity index (χ0n) is 27.9. The van der Waals surface area contributed by atoms with Crippen molar-refractivity contribution in [2.24, 2.45) is 10.7 Å². The monoisotopic (exact) mass is 660 g/mol. The second-order valence-corrected chi connectivity index (χ2v) is 11.1. The molecule has 4 N–H and O–H groups in total. The molecule has 8 nitrogen and oxygen atoms in total. The summed E-state index contributed by atoms with van der Waals surface area (Å²) >= 11 is 0. The first-order chi connectivity index (χ1) is 23.1. The van der Waals surface area contributed by atoms with Crippen LogP contribution in [0, 0.1) is 12.3 Å². The van der Waals surface area contributed by atoms with Crippen LogP contribution in [0.3, 0.4) is 0 Å². The van der Waals surface area contributed by atoms with Crippen LogP contribution in [0.2, 0.25) is 0 Å². The van der Waals surface area contributed by atoms with Crippen molar-refractivity contribution in [2.75, 3.05) is 19.6 Å². The lowest BCUT2D eigenvalue weighted by Gasteiger charge is -2.27. The summed E-state index contributed by atoms with van der Waals surface area (Å²) < 4.78 is 32.4. The summed E-state index contributed by atoms with van der Waals surface area (Å²) in [5.41, 5.74) is 9.27. The fourth-order valence-electron chi connectivity index (χ4n) is 5.06. The Morgan fingerprint density at radius 2 is 1.88 bits per heavy atom. The number of halogens is 2. The van der Waals surface area contributed by atoms with Gasteiger partial charge in [0.2, 0.25) is 0 Å². The van der Waals surface area contributed by atoms with Gasteiger partial charge in [0, 0.05) is 55.1 Å². The highest BCUT2D eigenvalue weighted by Gasteiger charge is 2.26. The zero-order valence-corrected chi connectivity index (χ0v) is 27.9. The van der Waals surface area contributed by atoms with Crippen molar-refractivity contribution in [3.05, 3.63) is 119 Å². The van der Waals surface area contributed by atoms with E-state index < -0.39 is 23.9 Å². The molecular formula is C38H46F2N4O4. The van der Waals surface area contributed by atoms with Crippen molar-refractivity contribution in [1.29, 1.82) is 0 Å². The Balaban J connectivity index is 2.48. The van der Waals surface area contributed by atoms with Crippen LogP contribution in [0.15, 0.2) is 96.4 Å². The Morgan fingerprint density at radius 3 is 2.50 bits per heavy atom. The van der Waals surface area contributed by atoms with E-state index in [-0.39, 0.29) is 47.9 Å². The molecule has 48 heavy (non-hydrogen) atoms. The van der Waals surface area contributed by atoms with Gasteiger partial charge in [-0.2, -0.15) is 0 Å². The quantitative estimate of drug-likeness (QED) is 0.0480. The average Bonchev–Trinajstić information content (AvgIpc) is 3.07. The molecule has 0 spiro atoms. The number of amides is 1. The van der Waals surface area contributed by atoms with E-state index in [4.69, 9.17) is 22.0 Å². The Morgan fingerprint density at radius 1 is 1.17 bits per heavy atom. The lowest BCUT2D eigenvalue weighted by molar-refractivity contribution is 0.0232. The molecule has 3 atom stereocenters. The standard InChI is InChI=1S/C38H46F2N4O4/c1-6-16-44(17-7-2)37(46)31-22-29(25-42-15-18-45)23-32(24-31)38(47)48-36(34(41)20-27(5)19-33(40)13-14-39)26-43-35(9-4)30-12-10-11-28(8-3)21-30/h3,10-15,18-19,21-25,34-36,43,45H,5-7,9,16-17,20,26,41H2,1-2,4H3/b14-13+,18-15-,33-19+,42-25?/t34?,35?,36-/m1/s1. The normalized spacial score (nSPS) is 13.8. The van der Waals surface area contributed by atoms with Gasteiger partial charge in [-0.1, -0.05) is 51.0 Å². The zero-order chi connectivity index (χ0) is 35.5. The molecule has 2 rings (SSSR count). The van der Waals surface area contributed by atoms with Crippen LogP contribution in [-0.2, 0) is 4.74 Å². The van der Waals surface area contributed by atoms with E-state index in [0.717, 1.165) is 42.5 Å². The molecule has 0 aliphatic carbocycles. The lowest BCUT2D eigenvalue weighted by atomic mass is 9.99. The Kier molecular flexibility index (Phi) is 17.3. The summed E-state index contributed by atoms with van der Waals surface area (Å²) in [5.74, 6) is 0.799. The third-order valence-corrected chi connectivity index (χ3v) is 7.32. The summed E-state index contributed by atoms with van der Waals surface area (Å²) in [6, 6.07) is 11.1. The van der Waals surface area contributed by atoms with Gasteiger partial charge in [0.05, 0.1) is 24.4 Å². The fourth-order valence-corrected chi connectivity index (χ4v) is 5.06. The van der Waals surface area contributed by atoms with Crippen LogP contribution in [0.4, 0.5) is 8.78 Å². The molecule has 0 radical (unpaired) electrons. The van der Waals surface area contributed by atoms with Crippen LogP contribution < -0.4 is 11.1 Å². The number of nitrogens with two attached hydrogens (primary N) is 1. The highest BCUT2D eigenvalue weighted by Crippen LogP contribution is 2.21. The predicted octanol–water partition coefficient (Wildman–Crippen LogP) is 7.25. The first-order valence-electron chi connectivity index (χ1n) is 16.0. The number of nitrogens with one attached hydrogen (secondary N) is 1. The Bertz CT molecular complexity index is 1540. The number of benzene rings is 2. The van der Waals surface area contributed by atoms with Crippen LogP contribution in [0.5, 0.6) is 0 Å². The molecule has 256 valence electrons. The van der Waals surface area contributed by atoms with Gasteiger partial charge in [0.25, 0.3) is 5.91 Å². The number of carbonyl (C=O) groups excluding carboxylic acids is 2. The minimum Gasteiger partial charge on any atom is -0.514 e. The number of ether oxygens (including phenoxy) is 1. The van der Waals surface area contributed by atoms with Crippen molar-refractivity contribution < 1.29 is 28.2 Å². The van der Waals surface area contributed by atoms with Crippen molar-refractivity contribution >= 4 is 18.1 Å². The third kappa shape index (κ3) is 12.7. The average molecular weight is 661 g/mol. The smallest absolute Gasteiger partial charge is 0.338 e. The number of carbonyl (C=O) groups is 2. The molecule has 2 aromatic carbocycles. The van der Waals surface area contributed by atoms with Gasteiger partial charge in [-0.25, -0.2) is 13.6 Å². The topological polar surface area (TPSA) is 117 Å². The molecule has 0 aromatic heterocycles. The fraction of sp³-hybridized carbons (Fsp3) is 0.342. The highest BCUT2D eigenvalue weighted by molar-refractivity contribution is 6.00. The van der Waals surface area contributed by atoms with Crippen molar-refractivity contribution in [3.63, 3.8) is 0 Å². The summed E-state index contributed by atoms with van der Waals surface area (Å²) in [6.45, 7) is 11.0. The van der Waals surface area contributed by atoms with Gasteiger partial charge in [0.15, 0.2) is 0 Å². The number of aliphatic imine (C=N–C) groups is 1. The molecule has 0 aliphatic rings. The lowest BCUT2D eigenvalue weighted by Crippen LogP contribution is -2.45. The summed E-state index contributed by atoms with van der Waals surface area (Å²) in [7, 11) is 0. The van der Waals surface area contributed by atoms with Crippen molar-refractivity contribution in [2.45, 2.75) is 64.6 Å². The molecule has 0 saturated heterocycles. The second kappa shape index (κ2) is 21.1. The van der Waals surface area contributed by atoms with Crippen molar-refractivity contribution in [3.8, 4) is 12.3 Å². The van der Waals surface area contributed by atoms with Crippen LogP contribution >= 0.6 is 0 Å². The number of aliphatic hydroxyl groups excluding tert-OH is 1. The molecule has 2 unspecified atom stereocenters. The molecule has 0 heterocycles. The number of hydrogen-bond acceptors (Lipinski definition) is 7. The summed E-state index contributed by atoms with van der Waals surface area (Å²) in [6.07, 6.45) is 12.0. The van der Waals surface area contributed by atoms with Crippen LogP contribution in [-0.4, -0.2) is 59.9 Å². The van der Waals surface area contributed by atoms with E-state index >= 15 is 0 Å². The molecule has 0 fully saturated rings. The van der Waals surface area contributed by atoms with Crippen LogP contribution in [0.1, 0.15) is 89.9 Å². The minimum absolute atomic E-state index is 0.0312. The van der Waals surface area contributed by atoms with Gasteiger partial charge < -0.3 is 25.8 Å². The van der Waals surface area contributed by atoms with E-state index in [1.807, 2.05) is 45.0 Å². The minimum atomic E-state index is -0.933. The SMILES string of the molecule is C#Cc1cccc(C(CC)NC[C@@H](OC(=O)c2cc(C=N/C=C\O)cc(C(=O)N(CCC)CCC)c2)C(N)CC(=C)/C=C(F)\C=C\F)c1. The molecule has 2 aromatic rings. The van der Waals surface area contributed by atoms with E-state index in [1.165, 1.54) is 18.3 Å². The summed E-state index contributed by atoms with van der Waals surface area (Å²) in [5, 5.41) is 12.4. The number of rotatable bonds is 19. The number of aliphatic hydroxyl groups is 1. The van der Waals surface area contributed by atoms with Crippen LogP contribution in [0.25, 0.3) is 0 Å². The van der Waals surface area contributed by atoms with Gasteiger partial charge in [-0.3, -0.25) is 9.79 Å². The number of terminal acetylenes is 1. The molecule has 0 saturated carbocycles. The Hall–Kier alpha value is -4.85. The van der Waals surface area contributed by atoms with Gasteiger partial charge >= 0.3 is 5.97 Å². The molecular weight excluding hydrogens is 614 g/mol. The summed E-state index contributed by atoms with van der Waals surface area (Å²) in [4.78, 5) is 33.0. The second-order valence-electron chi connectivity index (χ2n) is 11.1. The molecule has 10 heteroatoms. The number of esters is 1. The first kappa shape index (κ1) is 39.3. The van der Waals surface area contributed by atoms with E-state index in [1.54, 1.807) is 11.0 Å². The van der Waals surface area contributed by atoms with Gasteiger partial charge in [-0.05, 0) is 73.2 Å².